The van der Waals surface area contributed by atoms with E-state index < -0.39 is 0 Å². The maximum absolute atomic E-state index is 13.4. The van der Waals surface area contributed by atoms with Crippen LogP contribution in [0.15, 0.2) is 42.5 Å². The minimum atomic E-state index is -0.335. The third-order valence-corrected chi connectivity index (χ3v) is 5.04. The van der Waals surface area contributed by atoms with Crippen molar-refractivity contribution in [2.45, 2.75) is 26.8 Å². The van der Waals surface area contributed by atoms with Crippen molar-refractivity contribution in [3.63, 3.8) is 0 Å². The van der Waals surface area contributed by atoms with Gasteiger partial charge in [0.1, 0.15) is 5.82 Å². The lowest BCUT2D eigenvalue weighted by molar-refractivity contribution is -0.894. The fourth-order valence-corrected chi connectivity index (χ4v) is 3.63. The van der Waals surface area contributed by atoms with E-state index >= 15 is 0 Å². The topological polar surface area (TPSA) is 36.8 Å². The summed E-state index contributed by atoms with van der Waals surface area (Å²) in [6.07, 6.45) is 0. The van der Waals surface area contributed by atoms with Crippen LogP contribution < -0.4 is 15.1 Å². The molecule has 3 rings (SSSR count). The molecular weight excluding hydrogens is 329 g/mol. The predicted molar refractivity (Wildman–Crippen MR) is 103 cm³/mol. The van der Waals surface area contributed by atoms with Crippen LogP contribution in [0.2, 0.25) is 0 Å². The monoisotopic (exact) mass is 356 g/mol. The molecule has 1 heterocycles. The van der Waals surface area contributed by atoms with Crippen LogP contribution in [-0.2, 0) is 4.79 Å². The lowest BCUT2D eigenvalue weighted by Crippen LogP contribution is -3.16. The van der Waals surface area contributed by atoms with E-state index in [1.54, 1.807) is 6.07 Å². The van der Waals surface area contributed by atoms with Crippen molar-refractivity contribution in [3.8, 4) is 0 Å². The van der Waals surface area contributed by atoms with Crippen LogP contribution in [0.5, 0.6) is 0 Å². The van der Waals surface area contributed by atoms with Crippen LogP contribution >= 0.6 is 0 Å². The molecule has 2 aromatic rings. The largest absolute Gasteiger partial charge is 0.358 e. The van der Waals surface area contributed by atoms with E-state index in [0.29, 0.717) is 18.3 Å². The molecule has 2 N–H and O–H groups in total. The average molecular weight is 356 g/mol. The van der Waals surface area contributed by atoms with Gasteiger partial charge in [0.05, 0.1) is 25.7 Å². The molecule has 1 unspecified atom stereocenters. The van der Waals surface area contributed by atoms with Crippen LogP contribution in [0.3, 0.4) is 0 Å². The average Bonchev–Trinajstić information content (AvgIpc) is 2.58. The Hall–Kier alpha value is -2.40. The van der Waals surface area contributed by atoms with Crippen LogP contribution in [0.1, 0.15) is 18.1 Å². The highest BCUT2D eigenvalue weighted by atomic mass is 19.1. The van der Waals surface area contributed by atoms with E-state index in [0.717, 1.165) is 25.2 Å². The van der Waals surface area contributed by atoms with Gasteiger partial charge in [0.15, 0.2) is 6.54 Å². The van der Waals surface area contributed by atoms with Gasteiger partial charge in [0.2, 0.25) is 0 Å². The van der Waals surface area contributed by atoms with Crippen molar-refractivity contribution in [1.82, 2.24) is 0 Å². The normalized spacial score (nSPS) is 20.1. The fraction of sp³-hybridized carbons (Fsp3) is 0.381. The molecule has 2 atom stereocenters. The Morgan fingerprint density at radius 2 is 2.08 bits per heavy atom. The smallest absolute Gasteiger partial charge is 0.279 e. The number of hydrogen-bond donors (Lipinski definition) is 2. The molecule has 138 valence electrons. The summed E-state index contributed by atoms with van der Waals surface area (Å²) in [5.41, 5.74) is 3.93. The predicted octanol–water partition coefficient (Wildman–Crippen LogP) is 2.17. The Morgan fingerprint density at radius 3 is 2.81 bits per heavy atom. The number of quaternary nitrogens is 1. The molecule has 1 aliphatic rings. The number of nitrogens with one attached hydrogen (secondary N) is 2. The second-order valence-corrected chi connectivity index (χ2v) is 7.27. The molecule has 1 saturated heterocycles. The van der Waals surface area contributed by atoms with Crippen LogP contribution in [0.4, 0.5) is 15.8 Å². The molecule has 1 amide bonds. The SMILES string of the molecule is Cc1cccc(N2CC[NH+](CC(=O)Nc3cc(F)ccc3C)C[C@H]2C)c1. The van der Waals surface area contributed by atoms with Gasteiger partial charge in [-0.05, 0) is 56.2 Å². The highest BCUT2D eigenvalue weighted by molar-refractivity contribution is 5.92. The number of nitrogens with zero attached hydrogens (tertiary/aromatic N) is 1. The Bertz CT molecular complexity index is 793. The number of anilines is 2. The number of amides is 1. The Balaban J connectivity index is 1.57. The van der Waals surface area contributed by atoms with Crippen LogP contribution in [0, 0.1) is 19.7 Å². The molecule has 0 aliphatic carbocycles. The molecule has 0 bridgehead atoms. The molecule has 26 heavy (non-hydrogen) atoms. The lowest BCUT2D eigenvalue weighted by Gasteiger charge is -2.38. The van der Waals surface area contributed by atoms with Crippen molar-refractivity contribution < 1.29 is 14.1 Å². The number of aryl methyl sites for hydroxylation is 2. The zero-order valence-electron chi connectivity index (χ0n) is 15.7. The summed E-state index contributed by atoms with van der Waals surface area (Å²) < 4.78 is 13.4. The summed E-state index contributed by atoms with van der Waals surface area (Å²) in [6.45, 7) is 9.32. The Labute approximate surface area is 154 Å². The molecule has 1 aliphatic heterocycles. The summed E-state index contributed by atoms with van der Waals surface area (Å²) in [5, 5.41) is 2.85. The number of halogens is 1. The first-order valence-electron chi connectivity index (χ1n) is 9.15. The summed E-state index contributed by atoms with van der Waals surface area (Å²) in [4.78, 5) is 16.0. The standard InChI is InChI=1S/C21H26FN3O/c1-15-5-4-6-19(11-15)25-10-9-24(13-17(25)3)14-21(26)23-20-12-18(22)8-7-16(20)2/h4-8,11-12,17H,9-10,13-14H2,1-3H3,(H,23,26)/p+1/t17-/m1/s1. The maximum Gasteiger partial charge on any atom is 0.279 e. The molecule has 0 radical (unpaired) electrons. The van der Waals surface area contributed by atoms with Crippen molar-refractivity contribution in [1.29, 1.82) is 0 Å². The summed E-state index contributed by atoms with van der Waals surface area (Å²) in [6, 6.07) is 13.4. The molecule has 4 nitrogen and oxygen atoms in total. The third-order valence-electron chi connectivity index (χ3n) is 5.04. The number of carbonyl (C=O) groups excluding carboxylic acids is 1. The zero-order chi connectivity index (χ0) is 18.7. The third kappa shape index (κ3) is 4.41. The Morgan fingerprint density at radius 1 is 1.27 bits per heavy atom. The quantitative estimate of drug-likeness (QED) is 0.881. The van der Waals surface area contributed by atoms with Gasteiger partial charge in [0.25, 0.3) is 5.91 Å². The molecule has 1 fully saturated rings. The van der Waals surface area contributed by atoms with Crippen LogP contribution in [-0.4, -0.2) is 38.1 Å². The van der Waals surface area contributed by atoms with Gasteiger partial charge in [-0.25, -0.2) is 4.39 Å². The first-order chi connectivity index (χ1) is 12.4. The van der Waals surface area contributed by atoms with Crippen molar-refractivity contribution in [3.05, 3.63) is 59.4 Å². The van der Waals surface area contributed by atoms with Crippen molar-refractivity contribution >= 4 is 17.3 Å². The second-order valence-electron chi connectivity index (χ2n) is 7.27. The molecule has 2 aromatic carbocycles. The van der Waals surface area contributed by atoms with E-state index in [2.05, 4.69) is 48.3 Å². The van der Waals surface area contributed by atoms with E-state index in [1.165, 1.54) is 28.3 Å². The highest BCUT2D eigenvalue weighted by Crippen LogP contribution is 2.19. The summed E-state index contributed by atoms with van der Waals surface area (Å²) in [5.74, 6) is -0.399. The van der Waals surface area contributed by atoms with Gasteiger partial charge in [-0.3, -0.25) is 4.79 Å². The van der Waals surface area contributed by atoms with Gasteiger partial charge in [-0.15, -0.1) is 0 Å². The summed E-state index contributed by atoms with van der Waals surface area (Å²) in [7, 11) is 0. The summed E-state index contributed by atoms with van der Waals surface area (Å²) >= 11 is 0. The fourth-order valence-electron chi connectivity index (χ4n) is 3.63. The molecule has 0 saturated carbocycles. The highest BCUT2D eigenvalue weighted by Gasteiger charge is 2.28. The van der Waals surface area contributed by atoms with Gasteiger partial charge in [-0.1, -0.05) is 18.2 Å². The minimum Gasteiger partial charge on any atom is -0.358 e. The van der Waals surface area contributed by atoms with Gasteiger partial charge in [0, 0.05) is 11.4 Å². The maximum atomic E-state index is 13.4. The number of hydrogen-bond acceptors (Lipinski definition) is 2. The van der Waals surface area contributed by atoms with Gasteiger partial charge in [-0.2, -0.15) is 0 Å². The number of rotatable bonds is 4. The van der Waals surface area contributed by atoms with E-state index in [-0.39, 0.29) is 11.7 Å². The second kappa shape index (κ2) is 7.87. The molecule has 5 heteroatoms. The molecule has 0 spiro atoms. The minimum absolute atomic E-state index is 0.0649. The zero-order valence-corrected chi connectivity index (χ0v) is 15.7. The van der Waals surface area contributed by atoms with E-state index in [9.17, 15) is 9.18 Å². The van der Waals surface area contributed by atoms with E-state index in [1.807, 2.05) is 6.92 Å². The number of carbonyl (C=O) groups is 1. The van der Waals surface area contributed by atoms with Gasteiger partial charge >= 0.3 is 0 Å². The lowest BCUT2D eigenvalue weighted by atomic mass is 10.1. The van der Waals surface area contributed by atoms with Gasteiger partial charge < -0.3 is 15.1 Å². The van der Waals surface area contributed by atoms with Crippen molar-refractivity contribution in [2.24, 2.45) is 0 Å². The number of piperazine rings is 1. The first-order valence-corrected chi connectivity index (χ1v) is 9.15. The molecular formula is C21H27FN3O+. The number of benzene rings is 2. The van der Waals surface area contributed by atoms with Crippen LogP contribution in [0.25, 0.3) is 0 Å². The Kier molecular flexibility index (Phi) is 5.57. The first kappa shape index (κ1) is 18.4. The molecule has 0 aromatic heterocycles. The van der Waals surface area contributed by atoms with Crippen molar-refractivity contribution in [2.75, 3.05) is 36.4 Å². The van der Waals surface area contributed by atoms with E-state index in [4.69, 9.17) is 0 Å².